The van der Waals surface area contributed by atoms with Gasteiger partial charge in [0.05, 0.1) is 13.3 Å². The van der Waals surface area contributed by atoms with E-state index in [1.54, 1.807) is 55.6 Å². The Kier molecular flexibility index (Phi) is 8.84. The summed E-state index contributed by atoms with van der Waals surface area (Å²) in [6.07, 6.45) is 1.50. The van der Waals surface area contributed by atoms with Gasteiger partial charge >= 0.3 is 0 Å². The van der Waals surface area contributed by atoms with Gasteiger partial charge in [-0.1, -0.05) is 30.3 Å². The number of benzene rings is 3. The van der Waals surface area contributed by atoms with Crippen molar-refractivity contribution in [1.29, 1.82) is 0 Å². The van der Waals surface area contributed by atoms with Gasteiger partial charge in [-0.05, 0) is 59.7 Å². The van der Waals surface area contributed by atoms with Crippen LogP contribution >= 0.6 is 0 Å². The van der Waals surface area contributed by atoms with Gasteiger partial charge in [-0.25, -0.2) is 5.43 Å². The largest absolute Gasteiger partial charge is 0.497 e. The summed E-state index contributed by atoms with van der Waals surface area (Å²) >= 11 is 0. The summed E-state index contributed by atoms with van der Waals surface area (Å²) in [5, 5.41) is 6.71. The first-order chi connectivity index (χ1) is 16.1. The Labute approximate surface area is 192 Å². The van der Waals surface area contributed by atoms with Gasteiger partial charge in [-0.3, -0.25) is 9.59 Å². The van der Waals surface area contributed by atoms with Crippen LogP contribution in [-0.4, -0.2) is 38.4 Å². The number of ether oxygens (including phenoxy) is 3. The Balaban J connectivity index is 1.35. The Bertz CT molecular complexity index is 1050. The first kappa shape index (κ1) is 23.3. The summed E-state index contributed by atoms with van der Waals surface area (Å²) in [6, 6.07) is 23.5. The minimum Gasteiger partial charge on any atom is -0.497 e. The molecule has 0 atom stereocenters. The predicted molar refractivity (Wildman–Crippen MR) is 124 cm³/mol. The van der Waals surface area contributed by atoms with E-state index in [1.807, 2.05) is 30.3 Å². The highest BCUT2D eigenvalue weighted by Crippen LogP contribution is 2.16. The van der Waals surface area contributed by atoms with Crippen LogP contribution < -0.4 is 25.0 Å². The van der Waals surface area contributed by atoms with Gasteiger partial charge in [-0.15, -0.1) is 0 Å². The Morgan fingerprint density at radius 2 is 1.36 bits per heavy atom. The molecule has 170 valence electrons. The number of nitrogens with one attached hydrogen (secondary N) is 2. The summed E-state index contributed by atoms with van der Waals surface area (Å²) in [5.74, 6) is 1.23. The molecule has 0 heterocycles. The van der Waals surface area contributed by atoms with Crippen LogP contribution in [0.2, 0.25) is 0 Å². The Morgan fingerprint density at radius 3 is 2.00 bits per heavy atom. The van der Waals surface area contributed by atoms with Crippen molar-refractivity contribution < 1.29 is 23.8 Å². The molecule has 0 spiro atoms. The predicted octanol–water partition coefficient (Wildman–Crippen LogP) is 2.92. The number of methoxy groups -OCH3 is 1. The van der Waals surface area contributed by atoms with E-state index in [4.69, 9.17) is 14.2 Å². The topological polar surface area (TPSA) is 98.2 Å². The van der Waals surface area contributed by atoms with Gasteiger partial charge in [0.15, 0.2) is 13.2 Å². The lowest BCUT2D eigenvalue weighted by Crippen LogP contribution is -2.28. The summed E-state index contributed by atoms with van der Waals surface area (Å²) in [4.78, 5) is 23.8. The molecule has 0 fully saturated rings. The molecule has 8 heteroatoms. The number of rotatable bonds is 11. The average Bonchev–Trinajstić information content (AvgIpc) is 2.86. The quantitative estimate of drug-likeness (QED) is 0.348. The van der Waals surface area contributed by atoms with Crippen LogP contribution in [0.15, 0.2) is 84.0 Å². The highest BCUT2D eigenvalue weighted by atomic mass is 16.5. The lowest BCUT2D eigenvalue weighted by Gasteiger charge is -2.08. The van der Waals surface area contributed by atoms with Crippen LogP contribution in [0.3, 0.4) is 0 Å². The minimum absolute atomic E-state index is 0.0788. The summed E-state index contributed by atoms with van der Waals surface area (Å²) in [6.45, 7) is 0.211. The monoisotopic (exact) mass is 447 g/mol. The maximum absolute atomic E-state index is 11.9. The van der Waals surface area contributed by atoms with Gasteiger partial charge in [0.1, 0.15) is 17.2 Å². The highest BCUT2D eigenvalue weighted by Gasteiger charge is 2.04. The molecule has 3 aromatic carbocycles. The fourth-order valence-electron chi connectivity index (χ4n) is 2.68. The van der Waals surface area contributed by atoms with Crippen LogP contribution in [0.4, 0.5) is 0 Å². The fourth-order valence-corrected chi connectivity index (χ4v) is 2.68. The molecule has 8 nitrogen and oxygen atoms in total. The van der Waals surface area contributed by atoms with Crippen LogP contribution in [0.25, 0.3) is 0 Å². The van der Waals surface area contributed by atoms with E-state index in [0.29, 0.717) is 23.8 Å². The van der Waals surface area contributed by atoms with Gasteiger partial charge in [-0.2, -0.15) is 5.10 Å². The van der Waals surface area contributed by atoms with E-state index in [1.165, 1.54) is 6.21 Å². The second-order valence-corrected chi connectivity index (χ2v) is 6.88. The number of amides is 2. The molecule has 0 unspecified atom stereocenters. The molecule has 0 bridgehead atoms. The van der Waals surface area contributed by atoms with Crippen molar-refractivity contribution in [2.24, 2.45) is 5.10 Å². The lowest BCUT2D eigenvalue weighted by atomic mass is 10.2. The third-order valence-electron chi connectivity index (χ3n) is 4.41. The Hall–Kier alpha value is -4.33. The van der Waals surface area contributed by atoms with Gasteiger partial charge in [0.2, 0.25) is 0 Å². The summed E-state index contributed by atoms with van der Waals surface area (Å²) in [7, 11) is 1.58. The number of carbonyl (C=O) groups is 2. The molecule has 0 aliphatic carbocycles. The lowest BCUT2D eigenvalue weighted by molar-refractivity contribution is -0.123. The number of nitrogens with zero attached hydrogens (tertiary/aromatic N) is 1. The van der Waals surface area contributed by atoms with E-state index in [0.717, 1.165) is 11.1 Å². The molecule has 33 heavy (non-hydrogen) atoms. The number of hydrazone groups is 1. The van der Waals surface area contributed by atoms with Gasteiger partial charge in [0, 0.05) is 6.54 Å². The SMILES string of the molecule is COc1ccc(OCC(=O)N/N=C\c2ccc(OCC(=O)NCc3ccccc3)cc2)cc1. The van der Waals surface area contributed by atoms with E-state index in [-0.39, 0.29) is 25.0 Å². The maximum Gasteiger partial charge on any atom is 0.277 e. The third-order valence-corrected chi connectivity index (χ3v) is 4.41. The first-order valence-electron chi connectivity index (χ1n) is 10.2. The molecule has 0 aromatic heterocycles. The van der Waals surface area contributed by atoms with Crippen molar-refractivity contribution in [1.82, 2.24) is 10.7 Å². The molecular weight excluding hydrogens is 422 g/mol. The molecule has 0 saturated carbocycles. The normalized spacial score (nSPS) is 10.5. The standard InChI is InChI=1S/C25H25N3O5/c1-31-21-11-13-23(14-12-21)33-18-25(30)28-27-16-20-7-9-22(10-8-20)32-17-24(29)26-15-19-5-3-2-4-6-19/h2-14,16H,15,17-18H2,1H3,(H,26,29)(H,28,30)/b27-16-. The molecule has 3 rings (SSSR count). The second-order valence-electron chi connectivity index (χ2n) is 6.88. The van der Waals surface area contributed by atoms with Crippen LogP contribution in [0, 0.1) is 0 Å². The second kappa shape index (κ2) is 12.5. The molecule has 2 N–H and O–H groups in total. The smallest absolute Gasteiger partial charge is 0.277 e. The molecule has 3 aromatic rings. The summed E-state index contributed by atoms with van der Waals surface area (Å²) in [5.41, 5.74) is 4.18. The zero-order chi connectivity index (χ0) is 23.3. The number of hydrogen-bond donors (Lipinski definition) is 2. The van der Waals surface area contributed by atoms with E-state index >= 15 is 0 Å². The van der Waals surface area contributed by atoms with Gasteiger partial charge in [0.25, 0.3) is 11.8 Å². The highest BCUT2D eigenvalue weighted by molar-refractivity contribution is 5.83. The van der Waals surface area contributed by atoms with E-state index in [2.05, 4.69) is 15.8 Å². The van der Waals surface area contributed by atoms with E-state index in [9.17, 15) is 9.59 Å². The van der Waals surface area contributed by atoms with Gasteiger partial charge < -0.3 is 19.5 Å². The number of hydrogen-bond acceptors (Lipinski definition) is 6. The molecule has 0 aliphatic rings. The minimum atomic E-state index is -0.386. The van der Waals surface area contributed by atoms with Crippen molar-refractivity contribution >= 4 is 18.0 Å². The number of carbonyl (C=O) groups excluding carboxylic acids is 2. The molecule has 0 saturated heterocycles. The summed E-state index contributed by atoms with van der Waals surface area (Å²) < 4.78 is 15.9. The van der Waals surface area contributed by atoms with E-state index < -0.39 is 0 Å². The zero-order valence-corrected chi connectivity index (χ0v) is 18.2. The van der Waals surface area contributed by atoms with Crippen molar-refractivity contribution in [2.75, 3.05) is 20.3 Å². The van der Waals surface area contributed by atoms with Crippen LogP contribution in [0.5, 0.6) is 17.2 Å². The molecule has 0 radical (unpaired) electrons. The first-order valence-corrected chi connectivity index (χ1v) is 10.2. The zero-order valence-electron chi connectivity index (χ0n) is 18.2. The molecular formula is C25H25N3O5. The van der Waals surface area contributed by atoms with Crippen molar-refractivity contribution in [2.45, 2.75) is 6.54 Å². The van der Waals surface area contributed by atoms with Crippen LogP contribution in [-0.2, 0) is 16.1 Å². The average molecular weight is 447 g/mol. The fraction of sp³-hybridized carbons (Fsp3) is 0.160. The van der Waals surface area contributed by atoms with Crippen molar-refractivity contribution in [3.05, 3.63) is 90.0 Å². The van der Waals surface area contributed by atoms with Crippen molar-refractivity contribution in [3.63, 3.8) is 0 Å². The molecule has 0 aliphatic heterocycles. The van der Waals surface area contributed by atoms with Crippen LogP contribution in [0.1, 0.15) is 11.1 Å². The maximum atomic E-state index is 11.9. The molecule has 2 amide bonds. The van der Waals surface area contributed by atoms with Crippen molar-refractivity contribution in [3.8, 4) is 17.2 Å². The third kappa shape index (κ3) is 8.37. The Morgan fingerprint density at radius 1 is 0.788 bits per heavy atom.